The first-order valence-electron chi connectivity index (χ1n) is 12.4. The largest absolute Gasteiger partial charge is 0.351 e. The molecule has 38 heavy (non-hydrogen) atoms. The van der Waals surface area contributed by atoms with Crippen LogP contribution in [0.3, 0.4) is 0 Å². The van der Waals surface area contributed by atoms with Crippen molar-refractivity contribution in [1.82, 2.24) is 10.2 Å². The summed E-state index contributed by atoms with van der Waals surface area (Å²) in [4.78, 5) is 15.7. The van der Waals surface area contributed by atoms with Gasteiger partial charge in [0.2, 0.25) is 5.91 Å². The summed E-state index contributed by atoms with van der Waals surface area (Å²) in [5.74, 6) is -2.47. The van der Waals surface area contributed by atoms with Gasteiger partial charge in [0, 0.05) is 41.7 Å². The zero-order valence-electron chi connectivity index (χ0n) is 20.5. The highest BCUT2D eigenvalue weighted by atomic mass is 35.5. The van der Waals surface area contributed by atoms with Gasteiger partial charge in [0.15, 0.2) is 0 Å². The first-order chi connectivity index (χ1) is 18.4. The topological polar surface area (TPSA) is 32.3 Å². The monoisotopic (exact) mass is 550 g/mol. The predicted octanol–water partition coefficient (Wildman–Crippen LogP) is 7.39. The van der Waals surface area contributed by atoms with E-state index in [1.807, 2.05) is 78.9 Å². The summed E-state index contributed by atoms with van der Waals surface area (Å²) >= 11 is 12.3. The molecule has 1 heterocycles. The van der Waals surface area contributed by atoms with Gasteiger partial charge in [-0.3, -0.25) is 9.69 Å². The van der Waals surface area contributed by atoms with Crippen molar-refractivity contribution in [3.8, 4) is 0 Å². The Bertz CT molecular complexity index is 1330. The summed E-state index contributed by atoms with van der Waals surface area (Å²) in [6.45, 7) is 1.47. The van der Waals surface area contributed by atoms with Gasteiger partial charge in [0.1, 0.15) is 11.6 Å². The summed E-state index contributed by atoms with van der Waals surface area (Å²) < 4.78 is 28.4. The van der Waals surface area contributed by atoms with E-state index < -0.39 is 17.6 Å². The molecule has 0 aromatic heterocycles. The van der Waals surface area contributed by atoms with Crippen LogP contribution in [0.2, 0.25) is 10.0 Å². The minimum Gasteiger partial charge on any atom is -0.351 e. The van der Waals surface area contributed by atoms with Crippen LogP contribution in [0.5, 0.6) is 0 Å². The van der Waals surface area contributed by atoms with Crippen molar-refractivity contribution in [2.45, 2.75) is 18.5 Å². The Balaban J connectivity index is 1.40. The molecule has 0 bridgehead atoms. The maximum absolute atomic E-state index is 14.2. The molecule has 1 aliphatic rings. The number of hydrogen-bond acceptors (Lipinski definition) is 2. The van der Waals surface area contributed by atoms with Crippen molar-refractivity contribution in [3.05, 3.63) is 141 Å². The van der Waals surface area contributed by atoms with E-state index in [0.29, 0.717) is 35.2 Å². The van der Waals surface area contributed by atoms with Crippen molar-refractivity contribution < 1.29 is 13.6 Å². The standard InChI is InChI=1S/C31H26Cl2F2N2O/c32-25-10-6-21(7-11-25)30(22-8-12-26(33)13-9-22)37-18-24(19-37)29(23-14-27(34)16-28(35)15-23)31(38)36-17-20-4-2-1-3-5-20/h1-16,24,29-30H,17-19H2,(H,36,38)/t29-/m1/s1. The number of nitrogens with zero attached hydrogens (tertiary/aromatic N) is 1. The molecule has 1 N–H and O–H groups in total. The van der Waals surface area contributed by atoms with E-state index in [0.717, 1.165) is 22.8 Å². The van der Waals surface area contributed by atoms with Crippen LogP contribution in [0.4, 0.5) is 8.78 Å². The fourth-order valence-corrected chi connectivity index (χ4v) is 5.41. The maximum Gasteiger partial charge on any atom is 0.228 e. The summed E-state index contributed by atoms with van der Waals surface area (Å²) in [6.07, 6.45) is 0. The molecule has 0 aliphatic carbocycles. The van der Waals surface area contributed by atoms with Crippen LogP contribution in [0.25, 0.3) is 0 Å². The number of carbonyl (C=O) groups is 1. The third-order valence-electron chi connectivity index (χ3n) is 6.98. The first kappa shape index (κ1) is 26.4. The second-order valence-electron chi connectivity index (χ2n) is 9.60. The molecule has 3 nitrogen and oxygen atoms in total. The Morgan fingerprint density at radius 2 is 1.32 bits per heavy atom. The zero-order chi connectivity index (χ0) is 26.6. The van der Waals surface area contributed by atoms with Gasteiger partial charge in [-0.15, -0.1) is 0 Å². The normalized spacial score (nSPS) is 14.8. The van der Waals surface area contributed by atoms with Crippen molar-refractivity contribution in [2.75, 3.05) is 13.1 Å². The highest BCUT2D eigenvalue weighted by Gasteiger charge is 2.42. The minimum atomic E-state index is -0.698. The van der Waals surface area contributed by atoms with Crippen LogP contribution in [-0.2, 0) is 11.3 Å². The molecular formula is C31H26Cl2F2N2O. The number of amides is 1. The average Bonchev–Trinajstić information content (AvgIpc) is 2.88. The fourth-order valence-electron chi connectivity index (χ4n) is 5.16. The number of halogens is 4. The number of carbonyl (C=O) groups excluding carboxylic acids is 1. The van der Waals surface area contributed by atoms with Gasteiger partial charge in [-0.25, -0.2) is 8.78 Å². The molecule has 4 aromatic carbocycles. The third kappa shape index (κ3) is 6.07. The van der Waals surface area contributed by atoms with E-state index >= 15 is 0 Å². The average molecular weight is 551 g/mol. The second kappa shape index (κ2) is 11.6. The van der Waals surface area contributed by atoms with Gasteiger partial charge in [-0.1, -0.05) is 77.8 Å². The fraction of sp³-hybridized carbons (Fsp3) is 0.194. The molecule has 7 heteroatoms. The lowest BCUT2D eigenvalue weighted by Gasteiger charge is -2.47. The SMILES string of the molecule is O=C(NCc1ccccc1)[C@H](c1cc(F)cc(F)c1)C1CN(C(c2ccc(Cl)cc2)c2ccc(Cl)cc2)C1. The van der Waals surface area contributed by atoms with Gasteiger partial charge in [0.25, 0.3) is 0 Å². The summed E-state index contributed by atoms with van der Waals surface area (Å²) in [5, 5.41) is 4.27. The quantitative estimate of drug-likeness (QED) is 0.248. The molecular weight excluding hydrogens is 525 g/mol. The zero-order valence-corrected chi connectivity index (χ0v) is 22.0. The molecule has 1 fully saturated rings. The molecule has 0 unspecified atom stereocenters. The Labute approximate surface area is 231 Å². The van der Waals surface area contributed by atoms with Crippen LogP contribution in [0.15, 0.2) is 97.1 Å². The molecule has 194 valence electrons. The second-order valence-corrected chi connectivity index (χ2v) is 10.5. The molecule has 1 aliphatic heterocycles. The molecule has 1 atom stereocenters. The van der Waals surface area contributed by atoms with E-state index in [4.69, 9.17) is 23.2 Å². The van der Waals surface area contributed by atoms with Crippen LogP contribution in [0.1, 0.15) is 34.2 Å². The number of nitrogens with one attached hydrogen (secondary N) is 1. The summed E-state index contributed by atoms with van der Waals surface area (Å²) in [5.41, 5.74) is 3.40. The van der Waals surface area contributed by atoms with Gasteiger partial charge in [-0.05, 0) is 58.7 Å². The van der Waals surface area contributed by atoms with Crippen molar-refractivity contribution >= 4 is 29.1 Å². The number of likely N-dealkylation sites (tertiary alicyclic amines) is 1. The van der Waals surface area contributed by atoms with E-state index in [1.54, 1.807) is 0 Å². The summed E-state index contributed by atoms with van der Waals surface area (Å²) in [6, 6.07) is 28.2. The van der Waals surface area contributed by atoms with E-state index in [9.17, 15) is 13.6 Å². The number of rotatable bonds is 8. The maximum atomic E-state index is 14.2. The van der Waals surface area contributed by atoms with Crippen LogP contribution < -0.4 is 5.32 Å². The van der Waals surface area contributed by atoms with Gasteiger partial charge in [0.05, 0.1) is 12.0 Å². The third-order valence-corrected chi connectivity index (χ3v) is 7.49. The Morgan fingerprint density at radius 3 is 1.84 bits per heavy atom. The molecule has 0 saturated carbocycles. The minimum absolute atomic E-state index is 0.0851. The molecule has 1 saturated heterocycles. The molecule has 4 aromatic rings. The Hall–Kier alpha value is -3.25. The lowest BCUT2D eigenvalue weighted by molar-refractivity contribution is -0.126. The van der Waals surface area contributed by atoms with Crippen molar-refractivity contribution in [2.24, 2.45) is 5.92 Å². The van der Waals surface area contributed by atoms with Crippen molar-refractivity contribution in [1.29, 1.82) is 0 Å². The first-order valence-corrected chi connectivity index (χ1v) is 13.2. The highest BCUT2D eigenvalue weighted by molar-refractivity contribution is 6.30. The number of hydrogen-bond donors (Lipinski definition) is 1. The smallest absolute Gasteiger partial charge is 0.228 e. The number of benzene rings is 4. The summed E-state index contributed by atoms with van der Waals surface area (Å²) in [7, 11) is 0. The van der Waals surface area contributed by atoms with E-state index in [2.05, 4.69) is 10.2 Å². The van der Waals surface area contributed by atoms with Crippen LogP contribution >= 0.6 is 23.2 Å². The highest BCUT2D eigenvalue weighted by Crippen LogP contribution is 2.40. The molecule has 1 amide bonds. The van der Waals surface area contributed by atoms with Crippen LogP contribution in [-0.4, -0.2) is 23.9 Å². The molecule has 0 radical (unpaired) electrons. The van der Waals surface area contributed by atoms with Crippen LogP contribution in [0, 0.1) is 17.6 Å². The van der Waals surface area contributed by atoms with Gasteiger partial charge >= 0.3 is 0 Å². The lowest BCUT2D eigenvalue weighted by Crippen LogP contribution is -2.53. The molecule has 5 rings (SSSR count). The molecule has 0 spiro atoms. The predicted molar refractivity (Wildman–Crippen MR) is 147 cm³/mol. The van der Waals surface area contributed by atoms with E-state index in [1.165, 1.54) is 12.1 Å². The van der Waals surface area contributed by atoms with E-state index in [-0.39, 0.29) is 17.9 Å². The lowest BCUT2D eigenvalue weighted by atomic mass is 9.78. The van der Waals surface area contributed by atoms with Gasteiger partial charge < -0.3 is 5.32 Å². The Kier molecular flexibility index (Phi) is 8.08. The van der Waals surface area contributed by atoms with Crippen molar-refractivity contribution in [3.63, 3.8) is 0 Å². The van der Waals surface area contributed by atoms with Gasteiger partial charge in [-0.2, -0.15) is 0 Å². The Morgan fingerprint density at radius 1 is 0.789 bits per heavy atom.